The van der Waals surface area contributed by atoms with Gasteiger partial charge < -0.3 is 15.8 Å². The molecule has 5 heteroatoms. The number of aryl methyl sites for hydroxylation is 1. The minimum Gasteiger partial charge on any atom is -0.467 e. The average Bonchev–Trinajstić information content (AvgIpc) is 2.26. The molecule has 0 aliphatic rings. The van der Waals surface area contributed by atoms with Crippen LogP contribution < -0.4 is 11.1 Å². The Labute approximate surface area is 101 Å². The molecular weight excluding hydrogens is 218 g/mol. The quantitative estimate of drug-likeness (QED) is 0.777. The predicted octanol–water partition coefficient (Wildman–Crippen LogP) is 1.58. The molecule has 0 aliphatic carbocycles. The van der Waals surface area contributed by atoms with Crippen LogP contribution in [0.4, 0.5) is 11.5 Å². The van der Waals surface area contributed by atoms with Crippen molar-refractivity contribution in [3.8, 4) is 0 Å². The zero-order valence-corrected chi connectivity index (χ0v) is 10.7. The lowest BCUT2D eigenvalue weighted by Gasteiger charge is -2.21. The fourth-order valence-electron chi connectivity index (χ4n) is 1.48. The first-order valence-electron chi connectivity index (χ1n) is 5.52. The van der Waals surface area contributed by atoms with E-state index in [1.165, 1.54) is 7.11 Å². The van der Waals surface area contributed by atoms with Crippen LogP contribution in [-0.2, 0) is 9.53 Å². The van der Waals surface area contributed by atoms with E-state index in [-0.39, 0.29) is 11.9 Å². The molecule has 17 heavy (non-hydrogen) atoms. The summed E-state index contributed by atoms with van der Waals surface area (Å²) in [6.07, 6.45) is 1.70. The van der Waals surface area contributed by atoms with Gasteiger partial charge in [0.1, 0.15) is 11.9 Å². The summed E-state index contributed by atoms with van der Waals surface area (Å²) in [7, 11) is 1.37. The summed E-state index contributed by atoms with van der Waals surface area (Å²) in [6, 6.07) is 1.36. The average molecular weight is 237 g/mol. The third-order valence-corrected chi connectivity index (χ3v) is 2.47. The van der Waals surface area contributed by atoms with Gasteiger partial charge in [-0.25, -0.2) is 9.78 Å². The molecule has 0 aliphatic heterocycles. The zero-order chi connectivity index (χ0) is 13.0. The molecule has 1 heterocycles. The van der Waals surface area contributed by atoms with Gasteiger partial charge in [0, 0.05) is 6.20 Å². The number of nitrogens with zero attached hydrogens (tertiary/aromatic N) is 1. The van der Waals surface area contributed by atoms with Crippen LogP contribution in [0.25, 0.3) is 0 Å². The first-order valence-corrected chi connectivity index (χ1v) is 5.52. The minimum atomic E-state index is -0.447. The fraction of sp³-hybridized carbons (Fsp3) is 0.500. The summed E-state index contributed by atoms with van der Waals surface area (Å²) in [4.78, 5) is 15.8. The number of ether oxygens (including phenoxy) is 1. The van der Waals surface area contributed by atoms with E-state index in [4.69, 9.17) is 10.5 Å². The predicted molar refractivity (Wildman–Crippen MR) is 67.7 cm³/mol. The van der Waals surface area contributed by atoms with Gasteiger partial charge in [-0.2, -0.15) is 0 Å². The Morgan fingerprint density at radius 1 is 1.53 bits per heavy atom. The number of anilines is 2. The number of rotatable bonds is 4. The lowest BCUT2D eigenvalue weighted by atomic mass is 10.0. The number of carbonyl (C=O) groups excluding carboxylic acids is 1. The van der Waals surface area contributed by atoms with Crippen LogP contribution >= 0.6 is 0 Å². The summed E-state index contributed by atoms with van der Waals surface area (Å²) in [5, 5.41) is 3.01. The second kappa shape index (κ2) is 5.52. The van der Waals surface area contributed by atoms with Crippen molar-refractivity contribution in [3.63, 3.8) is 0 Å². The second-order valence-corrected chi connectivity index (χ2v) is 4.34. The number of carbonyl (C=O) groups is 1. The van der Waals surface area contributed by atoms with Gasteiger partial charge in [-0.05, 0) is 24.5 Å². The van der Waals surface area contributed by atoms with Crippen molar-refractivity contribution in [2.45, 2.75) is 26.8 Å². The summed E-state index contributed by atoms with van der Waals surface area (Å²) < 4.78 is 4.74. The molecule has 0 radical (unpaired) electrons. The number of hydrogen-bond acceptors (Lipinski definition) is 5. The third kappa shape index (κ3) is 3.34. The van der Waals surface area contributed by atoms with E-state index in [1.807, 2.05) is 26.8 Å². The van der Waals surface area contributed by atoms with Crippen LogP contribution in [0.1, 0.15) is 19.4 Å². The molecule has 0 spiro atoms. The van der Waals surface area contributed by atoms with Gasteiger partial charge in [0.15, 0.2) is 0 Å². The van der Waals surface area contributed by atoms with Gasteiger partial charge in [0.25, 0.3) is 0 Å². The van der Waals surface area contributed by atoms with Gasteiger partial charge in [-0.1, -0.05) is 13.8 Å². The minimum absolute atomic E-state index is 0.0879. The largest absolute Gasteiger partial charge is 0.467 e. The lowest BCUT2D eigenvalue weighted by Crippen LogP contribution is -2.36. The van der Waals surface area contributed by atoms with Gasteiger partial charge in [0.05, 0.1) is 12.8 Å². The highest BCUT2D eigenvalue weighted by Gasteiger charge is 2.23. The second-order valence-electron chi connectivity index (χ2n) is 4.34. The molecule has 0 bridgehead atoms. The van der Waals surface area contributed by atoms with E-state index in [2.05, 4.69) is 10.3 Å². The summed E-state index contributed by atoms with van der Waals surface area (Å²) in [6.45, 7) is 5.77. The molecule has 1 atom stereocenters. The Bertz CT molecular complexity index is 405. The number of nitrogens with two attached hydrogens (primary N) is 1. The number of methoxy groups -OCH3 is 1. The molecule has 0 fully saturated rings. The van der Waals surface area contributed by atoms with E-state index in [0.717, 1.165) is 5.56 Å². The van der Waals surface area contributed by atoms with E-state index < -0.39 is 6.04 Å². The molecule has 5 nitrogen and oxygen atoms in total. The molecule has 0 amide bonds. The van der Waals surface area contributed by atoms with Crippen LogP contribution in [0.5, 0.6) is 0 Å². The van der Waals surface area contributed by atoms with E-state index in [1.54, 1.807) is 6.20 Å². The van der Waals surface area contributed by atoms with Crippen molar-refractivity contribution < 1.29 is 9.53 Å². The molecule has 94 valence electrons. The number of aromatic nitrogens is 1. The third-order valence-electron chi connectivity index (χ3n) is 2.47. The van der Waals surface area contributed by atoms with Crippen LogP contribution in [0.2, 0.25) is 0 Å². The van der Waals surface area contributed by atoms with Crippen LogP contribution in [0.3, 0.4) is 0 Å². The maximum Gasteiger partial charge on any atom is 0.328 e. The molecule has 0 saturated heterocycles. The SMILES string of the molecule is COC(=O)C(Nc1ncc(C)cc1N)C(C)C. The molecule has 0 saturated carbocycles. The highest BCUT2D eigenvalue weighted by molar-refractivity contribution is 5.80. The van der Waals surface area contributed by atoms with Crippen LogP contribution in [-0.4, -0.2) is 24.1 Å². The Hall–Kier alpha value is -1.78. The maximum absolute atomic E-state index is 11.6. The fourth-order valence-corrected chi connectivity index (χ4v) is 1.48. The van der Waals surface area contributed by atoms with Crippen molar-refractivity contribution >= 4 is 17.5 Å². The van der Waals surface area contributed by atoms with Crippen LogP contribution in [0, 0.1) is 12.8 Å². The van der Waals surface area contributed by atoms with Crippen molar-refractivity contribution in [3.05, 3.63) is 17.8 Å². The Kier molecular flexibility index (Phi) is 4.31. The van der Waals surface area contributed by atoms with Crippen molar-refractivity contribution in [2.24, 2.45) is 5.92 Å². The van der Waals surface area contributed by atoms with Gasteiger partial charge in [-0.3, -0.25) is 0 Å². The van der Waals surface area contributed by atoms with E-state index in [0.29, 0.717) is 11.5 Å². The smallest absolute Gasteiger partial charge is 0.328 e. The summed E-state index contributed by atoms with van der Waals surface area (Å²) in [5.74, 6) is 0.284. The number of esters is 1. The van der Waals surface area contributed by atoms with Crippen molar-refractivity contribution in [1.29, 1.82) is 0 Å². The maximum atomic E-state index is 11.6. The topological polar surface area (TPSA) is 77.2 Å². The zero-order valence-electron chi connectivity index (χ0n) is 10.7. The highest BCUT2D eigenvalue weighted by atomic mass is 16.5. The number of pyridine rings is 1. The first-order chi connectivity index (χ1) is 7.95. The lowest BCUT2D eigenvalue weighted by molar-refractivity contribution is -0.142. The summed E-state index contributed by atoms with van der Waals surface area (Å²) in [5.41, 5.74) is 7.34. The van der Waals surface area contributed by atoms with E-state index in [9.17, 15) is 4.79 Å². The molecule has 1 aromatic rings. The van der Waals surface area contributed by atoms with Crippen molar-refractivity contribution in [1.82, 2.24) is 4.98 Å². The normalized spacial score (nSPS) is 12.3. The number of hydrogen-bond donors (Lipinski definition) is 2. The monoisotopic (exact) mass is 237 g/mol. The first kappa shape index (κ1) is 13.3. The Morgan fingerprint density at radius 3 is 2.65 bits per heavy atom. The molecule has 1 rings (SSSR count). The molecule has 1 aromatic heterocycles. The molecule has 0 aromatic carbocycles. The van der Waals surface area contributed by atoms with Gasteiger partial charge in [0.2, 0.25) is 0 Å². The molecule has 1 unspecified atom stereocenters. The number of nitrogens with one attached hydrogen (secondary N) is 1. The van der Waals surface area contributed by atoms with Crippen molar-refractivity contribution in [2.75, 3.05) is 18.2 Å². The highest BCUT2D eigenvalue weighted by Crippen LogP contribution is 2.19. The van der Waals surface area contributed by atoms with Gasteiger partial charge >= 0.3 is 5.97 Å². The Balaban J connectivity index is 2.90. The van der Waals surface area contributed by atoms with Crippen LogP contribution in [0.15, 0.2) is 12.3 Å². The summed E-state index contributed by atoms with van der Waals surface area (Å²) >= 11 is 0. The van der Waals surface area contributed by atoms with E-state index >= 15 is 0 Å². The standard InChI is InChI=1S/C12H19N3O2/c1-7(2)10(12(16)17-4)15-11-9(13)5-8(3)6-14-11/h5-7,10H,13H2,1-4H3,(H,14,15). The number of nitrogen functional groups attached to an aromatic ring is 1. The van der Waals surface area contributed by atoms with Gasteiger partial charge in [-0.15, -0.1) is 0 Å². The Morgan fingerprint density at radius 2 is 2.18 bits per heavy atom. The molecule has 3 N–H and O–H groups in total. The molecular formula is C12H19N3O2.